The normalized spacial score (nSPS) is 18.2. The van der Waals surface area contributed by atoms with Crippen molar-refractivity contribution in [3.63, 3.8) is 0 Å². The molecule has 2 aliphatic rings. The molecule has 3 rings (SSSR count). The summed E-state index contributed by atoms with van der Waals surface area (Å²) in [5.41, 5.74) is 2.85. The third-order valence-electron chi connectivity index (χ3n) is 5.88. The van der Waals surface area contributed by atoms with E-state index in [0.717, 1.165) is 47.7 Å². The Kier molecular flexibility index (Phi) is 6.03. The molecule has 0 aliphatic carbocycles. The highest BCUT2D eigenvalue weighted by Gasteiger charge is 2.36. The smallest absolute Gasteiger partial charge is 0.191 e. The second-order valence-electron chi connectivity index (χ2n) is 8.90. The van der Waals surface area contributed by atoms with Gasteiger partial charge in [-0.2, -0.15) is 10.2 Å². The molecule has 150 valence electrons. The Hall–Kier alpha value is -2.02. The predicted molar refractivity (Wildman–Crippen MR) is 117 cm³/mol. The topological polar surface area (TPSA) is 57.4 Å². The van der Waals surface area contributed by atoms with Crippen molar-refractivity contribution in [1.29, 1.82) is 0 Å². The molecule has 1 aromatic carbocycles. The zero-order valence-electron chi connectivity index (χ0n) is 17.6. The van der Waals surface area contributed by atoms with Crippen LogP contribution in [-0.2, 0) is 4.43 Å². The minimum atomic E-state index is -1.67. The van der Waals surface area contributed by atoms with E-state index in [1.165, 1.54) is 10.6 Å². The molecule has 28 heavy (non-hydrogen) atoms. The summed E-state index contributed by atoms with van der Waals surface area (Å²) < 4.78 is 6.28. The van der Waals surface area contributed by atoms with Gasteiger partial charge in [-0.25, -0.2) is 5.06 Å². The number of hydroxylamine groups is 1. The van der Waals surface area contributed by atoms with Crippen LogP contribution in [-0.4, -0.2) is 20.1 Å². The molecule has 5 nitrogen and oxygen atoms in total. The van der Waals surface area contributed by atoms with Gasteiger partial charge in [-0.15, -0.1) is 0 Å². The van der Waals surface area contributed by atoms with Crippen molar-refractivity contribution < 1.29 is 9.63 Å². The van der Waals surface area contributed by atoms with Gasteiger partial charge in [-0.1, -0.05) is 32.9 Å². The van der Waals surface area contributed by atoms with Crippen molar-refractivity contribution in [3.05, 3.63) is 53.2 Å². The largest absolute Gasteiger partial charge is 0.417 e. The number of hydrogen-bond acceptors (Lipinski definition) is 5. The summed E-state index contributed by atoms with van der Waals surface area (Å²) in [6, 6.07) is 6.06. The molecule has 0 saturated carbocycles. The Morgan fingerprint density at radius 2 is 1.93 bits per heavy atom. The second kappa shape index (κ2) is 8.15. The number of unbranched alkanes of at least 4 members (excludes halogenated alkanes) is 1. The molecule has 6 heteroatoms. The van der Waals surface area contributed by atoms with E-state index in [1.54, 1.807) is 12.4 Å². The van der Waals surface area contributed by atoms with Gasteiger partial charge in [0.25, 0.3) is 0 Å². The number of benzene rings is 1. The summed E-state index contributed by atoms with van der Waals surface area (Å²) >= 11 is 0. The van der Waals surface area contributed by atoms with E-state index in [-0.39, 0.29) is 5.04 Å². The van der Waals surface area contributed by atoms with E-state index in [9.17, 15) is 5.21 Å². The van der Waals surface area contributed by atoms with Crippen LogP contribution in [0, 0.1) is 0 Å². The van der Waals surface area contributed by atoms with Crippen LogP contribution in [0.2, 0.25) is 18.1 Å². The number of hydrogen-bond donors (Lipinski definition) is 1. The first kappa shape index (κ1) is 20.7. The third kappa shape index (κ3) is 4.51. The van der Waals surface area contributed by atoms with Crippen molar-refractivity contribution in [2.45, 2.75) is 58.2 Å². The molecule has 2 aliphatic heterocycles. The molecule has 0 spiro atoms. The second-order valence-corrected chi connectivity index (χ2v) is 13.7. The van der Waals surface area contributed by atoms with Gasteiger partial charge in [0.05, 0.1) is 17.6 Å². The summed E-state index contributed by atoms with van der Waals surface area (Å²) in [7, 11) is -1.67. The third-order valence-corrected chi connectivity index (χ3v) is 10.4. The monoisotopic (exact) mass is 397 g/mol. The first-order chi connectivity index (χ1) is 13.2. The van der Waals surface area contributed by atoms with Crippen LogP contribution < -0.4 is 15.5 Å². The molecule has 0 radical (unpaired) electrons. The summed E-state index contributed by atoms with van der Waals surface area (Å²) in [5.74, 6) is 0. The van der Waals surface area contributed by atoms with Crippen LogP contribution in [0.3, 0.4) is 0 Å². The van der Waals surface area contributed by atoms with Crippen LogP contribution >= 0.6 is 0 Å². The number of nitrogens with zero attached hydrogens (tertiary/aromatic N) is 3. The van der Waals surface area contributed by atoms with Gasteiger partial charge in [0, 0.05) is 23.2 Å². The molecule has 2 heterocycles. The Bertz CT molecular complexity index is 926. The van der Waals surface area contributed by atoms with E-state index >= 15 is 0 Å². The van der Waals surface area contributed by atoms with E-state index in [2.05, 4.69) is 50.2 Å². The first-order valence-corrected chi connectivity index (χ1v) is 12.9. The zero-order valence-corrected chi connectivity index (χ0v) is 18.6. The van der Waals surface area contributed by atoms with Crippen LogP contribution in [0.15, 0.2) is 53.0 Å². The number of azo groups is 1. The summed E-state index contributed by atoms with van der Waals surface area (Å²) in [6.07, 6.45) is 10.3. The number of anilines is 1. The number of allylic oxidation sites excluding steroid dienone is 1. The quantitative estimate of drug-likeness (QED) is 0.552. The van der Waals surface area contributed by atoms with Gasteiger partial charge >= 0.3 is 0 Å². The van der Waals surface area contributed by atoms with Crippen molar-refractivity contribution in [2.75, 3.05) is 11.7 Å². The minimum Gasteiger partial charge on any atom is -0.417 e. The Balaban J connectivity index is 1.69. The van der Waals surface area contributed by atoms with Gasteiger partial charge < -0.3 is 4.43 Å². The van der Waals surface area contributed by atoms with Crippen LogP contribution in [0.1, 0.15) is 40.0 Å². The zero-order chi connectivity index (χ0) is 20.4. The lowest BCUT2D eigenvalue weighted by atomic mass is 10.0. The fraction of sp³-hybridized carbons (Fsp3) is 0.455. The van der Waals surface area contributed by atoms with Crippen LogP contribution in [0.25, 0.3) is 11.3 Å². The van der Waals surface area contributed by atoms with Gasteiger partial charge in [-0.05, 0) is 61.2 Å². The number of rotatable bonds is 6. The lowest BCUT2D eigenvalue weighted by molar-refractivity contribution is 0.279. The van der Waals surface area contributed by atoms with Gasteiger partial charge in [-0.3, -0.25) is 5.21 Å². The van der Waals surface area contributed by atoms with Crippen molar-refractivity contribution in [3.8, 4) is 0 Å². The maximum Gasteiger partial charge on any atom is 0.191 e. The Labute approximate surface area is 168 Å². The van der Waals surface area contributed by atoms with Crippen molar-refractivity contribution >= 4 is 25.3 Å². The highest BCUT2D eigenvalue weighted by Crippen LogP contribution is 2.36. The summed E-state index contributed by atoms with van der Waals surface area (Å²) in [6.45, 7) is 12.2. The number of fused-ring (bicyclic) bond motifs is 1. The van der Waals surface area contributed by atoms with E-state index in [1.807, 2.05) is 24.3 Å². The SMILES string of the molecule is CC(C)(C)[Si](C)(C)OCCCCC1=c2cc/c(=C3/C=CN=N3)cc2N(O)C=C1. The molecular formula is C22H31N3O2Si. The van der Waals surface area contributed by atoms with Crippen LogP contribution in [0.5, 0.6) is 0 Å². The van der Waals surface area contributed by atoms with E-state index in [0.29, 0.717) is 0 Å². The van der Waals surface area contributed by atoms with Crippen molar-refractivity contribution in [2.24, 2.45) is 10.2 Å². The minimum absolute atomic E-state index is 0.251. The predicted octanol–water partition coefficient (Wildman–Crippen LogP) is 4.84. The molecule has 0 saturated heterocycles. The summed E-state index contributed by atoms with van der Waals surface area (Å²) in [5, 5.41) is 21.7. The average Bonchev–Trinajstić information content (AvgIpc) is 3.16. The highest BCUT2D eigenvalue weighted by molar-refractivity contribution is 6.74. The fourth-order valence-electron chi connectivity index (χ4n) is 3.05. The van der Waals surface area contributed by atoms with E-state index < -0.39 is 8.32 Å². The molecule has 0 bridgehead atoms. The maximum atomic E-state index is 10.3. The molecular weight excluding hydrogens is 366 g/mol. The molecule has 0 unspecified atom stereocenters. The lowest BCUT2D eigenvalue weighted by Crippen LogP contribution is -2.40. The van der Waals surface area contributed by atoms with E-state index in [4.69, 9.17) is 4.43 Å². The molecule has 0 atom stereocenters. The van der Waals surface area contributed by atoms with Gasteiger partial charge in [0.1, 0.15) is 0 Å². The Morgan fingerprint density at radius 1 is 1.14 bits per heavy atom. The summed E-state index contributed by atoms with van der Waals surface area (Å²) in [4.78, 5) is 0. The van der Waals surface area contributed by atoms with Gasteiger partial charge in [0.2, 0.25) is 0 Å². The average molecular weight is 398 g/mol. The standard InChI is InChI=1S/C22H31N3O2Si/c1-22(2,3)28(4,5)27-15-7-6-8-17-12-14-25(26)21-16-18(9-10-19(17)21)20-11-13-23-24-20/h9-14,16,26H,6-8,15H2,1-5H3/b20-18+. The lowest BCUT2D eigenvalue weighted by Gasteiger charge is -2.36. The Morgan fingerprint density at radius 3 is 2.61 bits per heavy atom. The van der Waals surface area contributed by atoms with Gasteiger partial charge in [0.15, 0.2) is 8.32 Å². The molecule has 1 N–H and O–H groups in total. The first-order valence-electron chi connectivity index (χ1n) is 9.94. The molecule has 1 aromatic rings. The van der Waals surface area contributed by atoms with Crippen molar-refractivity contribution in [1.82, 2.24) is 0 Å². The maximum absolute atomic E-state index is 10.3. The molecule has 0 amide bonds. The van der Waals surface area contributed by atoms with Crippen LogP contribution in [0.4, 0.5) is 5.69 Å². The molecule has 0 fully saturated rings. The fourth-order valence-corrected chi connectivity index (χ4v) is 4.14. The molecule has 0 aromatic heterocycles. The highest BCUT2D eigenvalue weighted by atomic mass is 28.4.